The maximum absolute atomic E-state index is 13.1. The van der Waals surface area contributed by atoms with Gasteiger partial charge in [-0.1, -0.05) is 324 Å². The van der Waals surface area contributed by atoms with Gasteiger partial charge in [0.25, 0.3) is 0 Å². The summed E-state index contributed by atoms with van der Waals surface area (Å²) >= 11 is 0. The molecule has 0 heterocycles. The molecule has 91 heavy (non-hydrogen) atoms. The number of ether oxygens (including phenoxy) is 4. The van der Waals surface area contributed by atoms with E-state index < -0.39 is 97.5 Å². The lowest BCUT2D eigenvalue weighted by molar-refractivity contribution is -0.161. The SMILES string of the molecule is CCCCCCCCCCCCCCCCCCCCCCC(=O)O[C@H](COC(=O)CCCCCCCCCCCCCCCCCCC)COP(=O)(O)OC[C@@H](O)COP(=O)(O)OC[C@@H](COC(=O)CCCCCCC)OC(=O)CCCCCCCCC(C)C. The molecule has 0 aromatic rings. The first-order valence-electron chi connectivity index (χ1n) is 37.6. The van der Waals surface area contributed by atoms with Crippen LogP contribution in [0.4, 0.5) is 0 Å². The fourth-order valence-electron chi connectivity index (χ4n) is 11.0. The van der Waals surface area contributed by atoms with E-state index in [-0.39, 0.29) is 25.7 Å². The molecular formula is C72H140O17P2. The Bertz CT molecular complexity index is 1750. The topological polar surface area (TPSA) is 237 Å². The summed E-state index contributed by atoms with van der Waals surface area (Å²) in [6, 6.07) is 0. The number of carbonyl (C=O) groups excluding carboxylic acids is 4. The Balaban J connectivity index is 5.11. The second-order valence-electron chi connectivity index (χ2n) is 26.5. The largest absolute Gasteiger partial charge is 0.472 e. The highest BCUT2D eigenvalue weighted by atomic mass is 31.2. The smallest absolute Gasteiger partial charge is 0.462 e. The maximum atomic E-state index is 13.1. The van der Waals surface area contributed by atoms with Gasteiger partial charge in [-0.3, -0.25) is 37.3 Å². The fourth-order valence-corrected chi connectivity index (χ4v) is 12.6. The molecule has 0 spiro atoms. The number of carbonyl (C=O) groups is 4. The van der Waals surface area contributed by atoms with Crippen LogP contribution in [0.15, 0.2) is 0 Å². The van der Waals surface area contributed by atoms with Gasteiger partial charge in [0.15, 0.2) is 12.2 Å². The summed E-state index contributed by atoms with van der Waals surface area (Å²) in [5.41, 5.74) is 0. The molecule has 3 N–H and O–H groups in total. The van der Waals surface area contributed by atoms with Crippen LogP contribution in [0.2, 0.25) is 0 Å². The summed E-state index contributed by atoms with van der Waals surface area (Å²) in [5.74, 6) is -1.47. The minimum absolute atomic E-state index is 0.102. The highest BCUT2D eigenvalue weighted by Crippen LogP contribution is 2.45. The third kappa shape index (κ3) is 66.5. The van der Waals surface area contributed by atoms with Gasteiger partial charge in [-0.05, 0) is 31.6 Å². The van der Waals surface area contributed by atoms with Crippen LogP contribution in [0, 0.1) is 5.92 Å². The number of hydrogen-bond donors (Lipinski definition) is 3. The number of hydrogen-bond acceptors (Lipinski definition) is 15. The average Bonchev–Trinajstić information content (AvgIpc) is 3.65. The van der Waals surface area contributed by atoms with Crippen molar-refractivity contribution in [2.75, 3.05) is 39.6 Å². The average molecular weight is 1340 g/mol. The zero-order valence-electron chi connectivity index (χ0n) is 59.0. The van der Waals surface area contributed by atoms with E-state index in [0.29, 0.717) is 31.6 Å². The molecule has 0 aliphatic heterocycles. The Labute approximate surface area is 556 Å². The van der Waals surface area contributed by atoms with Crippen molar-refractivity contribution in [3.8, 4) is 0 Å². The van der Waals surface area contributed by atoms with Crippen molar-refractivity contribution >= 4 is 39.5 Å². The van der Waals surface area contributed by atoms with Gasteiger partial charge in [-0.2, -0.15) is 0 Å². The minimum Gasteiger partial charge on any atom is -0.462 e. The molecule has 0 amide bonds. The van der Waals surface area contributed by atoms with E-state index in [1.807, 2.05) is 0 Å². The first kappa shape index (κ1) is 89.1. The van der Waals surface area contributed by atoms with Gasteiger partial charge in [0.2, 0.25) is 0 Å². The molecule has 0 saturated heterocycles. The number of unbranched alkanes of at least 4 members (excludes halogenated alkanes) is 44. The van der Waals surface area contributed by atoms with Crippen LogP contribution in [0.1, 0.15) is 375 Å². The van der Waals surface area contributed by atoms with E-state index in [9.17, 15) is 43.2 Å². The quantitative estimate of drug-likeness (QED) is 0.0222. The molecule has 0 aliphatic carbocycles. The Morgan fingerprint density at radius 1 is 0.297 bits per heavy atom. The lowest BCUT2D eigenvalue weighted by Crippen LogP contribution is -2.30. The van der Waals surface area contributed by atoms with Crippen LogP contribution < -0.4 is 0 Å². The summed E-state index contributed by atoms with van der Waals surface area (Å²) in [4.78, 5) is 72.3. The van der Waals surface area contributed by atoms with Gasteiger partial charge < -0.3 is 33.8 Å². The van der Waals surface area contributed by atoms with Gasteiger partial charge in [-0.25, -0.2) is 9.13 Å². The minimum atomic E-state index is -4.95. The molecule has 19 heteroatoms. The predicted molar refractivity (Wildman–Crippen MR) is 368 cm³/mol. The fraction of sp³-hybridized carbons (Fsp3) is 0.944. The van der Waals surface area contributed by atoms with Crippen molar-refractivity contribution < 1.29 is 80.2 Å². The standard InChI is InChI=1S/C72H140O17P2/c1-6-9-12-15-17-19-21-23-25-27-28-29-31-33-35-37-39-41-47-52-57-71(76)88-68(62-83-70(75)56-51-46-40-38-36-34-32-30-26-24-22-20-18-16-13-10-7-2)64-87-91(80,81)85-60-66(73)59-84-90(78,79)86-63-67(61-82-69(74)55-50-44-14-11-8-3)89-72(77)58-53-48-43-42-45-49-54-65(4)5/h65-68,73H,6-64H2,1-5H3,(H,78,79)(H,80,81)/t66-,67+,68+/m0/s1. The van der Waals surface area contributed by atoms with E-state index in [1.165, 1.54) is 193 Å². The number of phosphoric ester groups is 2. The molecule has 0 aromatic heterocycles. The van der Waals surface area contributed by atoms with Crippen molar-refractivity contribution in [1.29, 1.82) is 0 Å². The molecule has 0 aliphatic rings. The second-order valence-corrected chi connectivity index (χ2v) is 29.4. The monoisotopic (exact) mass is 1340 g/mol. The molecule has 0 saturated carbocycles. The Kier molecular flexibility index (Phi) is 64.0. The molecule has 17 nitrogen and oxygen atoms in total. The normalized spacial score (nSPS) is 14.0. The third-order valence-electron chi connectivity index (χ3n) is 16.8. The van der Waals surface area contributed by atoms with Crippen LogP contribution in [0.3, 0.4) is 0 Å². The van der Waals surface area contributed by atoms with Gasteiger partial charge in [0, 0.05) is 25.7 Å². The molecule has 5 atom stereocenters. The van der Waals surface area contributed by atoms with E-state index in [1.54, 1.807) is 0 Å². The Morgan fingerprint density at radius 2 is 0.505 bits per heavy atom. The van der Waals surface area contributed by atoms with E-state index >= 15 is 0 Å². The molecule has 0 radical (unpaired) electrons. The van der Waals surface area contributed by atoms with Gasteiger partial charge in [0.1, 0.15) is 19.3 Å². The van der Waals surface area contributed by atoms with Crippen LogP contribution in [0.5, 0.6) is 0 Å². The van der Waals surface area contributed by atoms with E-state index in [0.717, 1.165) is 96.3 Å². The number of rotatable bonds is 72. The van der Waals surface area contributed by atoms with Gasteiger partial charge in [0.05, 0.1) is 26.4 Å². The molecule has 0 fully saturated rings. The first-order chi connectivity index (χ1) is 44.0. The summed E-state index contributed by atoms with van der Waals surface area (Å²) < 4.78 is 68.1. The van der Waals surface area contributed by atoms with Crippen molar-refractivity contribution in [3.05, 3.63) is 0 Å². The van der Waals surface area contributed by atoms with Crippen molar-refractivity contribution in [2.45, 2.75) is 393 Å². The number of aliphatic hydroxyl groups excluding tert-OH is 1. The van der Waals surface area contributed by atoms with Crippen LogP contribution in [-0.2, 0) is 65.4 Å². The van der Waals surface area contributed by atoms with Gasteiger partial charge >= 0.3 is 39.5 Å². The lowest BCUT2D eigenvalue weighted by Gasteiger charge is -2.21. The van der Waals surface area contributed by atoms with Crippen LogP contribution in [-0.4, -0.2) is 96.7 Å². The molecule has 540 valence electrons. The first-order valence-corrected chi connectivity index (χ1v) is 40.6. The summed E-state index contributed by atoms with van der Waals surface area (Å²) in [6.07, 6.45) is 53.5. The number of esters is 4. The van der Waals surface area contributed by atoms with Crippen molar-refractivity contribution in [2.24, 2.45) is 5.92 Å². The highest BCUT2D eigenvalue weighted by molar-refractivity contribution is 7.47. The van der Waals surface area contributed by atoms with Gasteiger partial charge in [-0.15, -0.1) is 0 Å². The molecule has 0 rings (SSSR count). The van der Waals surface area contributed by atoms with E-state index in [2.05, 4.69) is 34.6 Å². The maximum Gasteiger partial charge on any atom is 0.472 e. The van der Waals surface area contributed by atoms with E-state index in [4.69, 9.17) is 37.0 Å². The predicted octanol–water partition coefficient (Wildman–Crippen LogP) is 20.9. The highest BCUT2D eigenvalue weighted by Gasteiger charge is 2.30. The molecule has 0 bridgehead atoms. The Hall–Kier alpha value is -1.94. The number of phosphoric acid groups is 2. The summed E-state index contributed by atoms with van der Waals surface area (Å²) in [6.45, 7) is 7.07. The molecular weight excluding hydrogens is 1200 g/mol. The second kappa shape index (κ2) is 65.4. The lowest BCUT2D eigenvalue weighted by atomic mass is 10.0. The molecule has 0 aromatic carbocycles. The molecule has 2 unspecified atom stereocenters. The third-order valence-corrected chi connectivity index (χ3v) is 18.7. The van der Waals surface area contributed by atoms with Crippen molar-refractivity contribution in [1.82, 2.24) is 0 Å². The summed E-state index contributed by atoms with van der Waals surface area (Å²) in [5, 5.41) is 10.6. The zero-order chi connectivity index (χ0) is 67.0. The van der Waals surface area contributed by atoms with Crippen LogP contribution in [0.25, 0.3) is 0 Å². The summed E-state index contributed by atoms with van der Waals surface area (Å²) in [7, 11) is -9.89. The number of aliphatic hydroxyl groups is 1. The zero-order valence-corrected chi connectivity index (χ0v) is 60.8. The van der Waals surface area contributed by atoms with Crippen molar-refractivity contribution in [3.63, 3.8) is 0 Å². The van der Waals surface area contributed by atoms with Crippen LogP contribution >= 0.6 is 15.6 Å². The Morgan fingerprint density at radius 3 is 0.747 bits per heavy atom.